The Hall–Kier alpha value is -4.48. The molecule has 12 heteroatoms. The van der Waals surface area contributed by atoms with Gasteiger partial charge in [0.15, 0.2) is 0 Å². The SMILES string of the molecule is CNC(=O)c1ccc(Cl)c(Oc2cc(-c3c(C)cccc3C)nc(NS(=O)(=O)c3cccc(NC(C)=O)c3)n2)c1. The van der Waals surface area contributed by atoms with Crippen LogP contribution < -0.4 is 20.1 Å². The molecule has 0 fully saturated rings. The average molecular weight is 580 g/mol. The molecule has 0 saturated heterocycles. The highest BCUT2D eigenvalue weighted by molar-refractivity contribution is 7.92. The predicted octanol–water partition coefficient (Wildman–Crippen LogP) is 5.32. The van der Waals surface area contributed by atoms with Gasteiger partial charge in [-0.1, -0.05) is 35.9 Å². The molecule has 0 radical (unpaired) electrons. The van der Waals surface area contributed by atoms with Gasteiger partial charge in [0.2, 0.25) is 17.7 Å². The molecular weight excluding hydrogens is 554 g/mol. The zero-order chi connectivity index (χ0) is 29.0. The van der Waals surface area contributed by atoms with Gasteiger partial charge in [-0.05, 0) is 61.4 Å². The quantitative estimate of drug-likeness (QED) is 0.256. The van der Waals surface area contributed by atoms with Crippen LogP contribution >= 0.6 is 11.6 Å². The summed E-state index contributed by atoms with van der Waals surface area (Å²) in [5.74, 6) is -0.791. The molecule has 1 heterocycles. The van der Waals surface area contributed by atoms with Crippen LogP contribution in [0.5, 0.6) is 11.6 Å². The monoisotopic (exact) mass is 579 g/mol. The van der Waals surface area contributed by atoms with Gasteiger partial charge >= 0.3 is 0 Å². The molecule has 0 spiro atoms. The fourth-order valence-electron chi connectivity index (χ4n) is 3.97. The molecule has 2 amide bonds. The lowest BCUT2D eigenvalue weighted by Gasteiger charge is -2.15. The maximum absolute atomic E-state index is 13.3. The van der Waals surface area contributed by atoms with E-state index in [0.29, 0.717) is 16.9 Å². The summed E-state index contributed by atoms with van der Waals surface area (Å²) in [4.78, 5) is 32.2. The zero-order valence-corrected chi connectivity index (χ0v) is 23.6. The van der Waals surface area contributed by atoms with E-state index >= 15 is 0 Å². The van der Waals surface area contributed by atoms with E-state index in [1.807, 2.05) is 32.0 Å². The molecule has 0 atom stereocenters. The van der Waals surface area contributed by atoms with Gasteiger partial charge in [0.25, 0.3) is 15.9 Å². The zero-order valence-electron chi connectivity index (χ0n) is 22.1. The van der Waals surface area contributed by atoms with Gasteiger partial charge in [-0.15, -0.1) is 0 Å². The Labute approximate surface area is 236 Å². The number of hydrogen-bond donors (Lipinski definition) is 3. The molecule has 0 aliphatic rings. The highest BCUT2D eigenvalue weighted by Gasteiger charge is 2.20. The molecule has 40 heavy (non-hydrogen) atoms. The molecule has 0 bridgehead atoms. The number of nitrogens with zero attached hydrogens (tertiary/aromatic N) is 2. The van der Waals surface area contributed by atoms with Crippen LogP contribution in [0.4, 0.5) is 11.6 Å². The number of hydrogen-bond acceptors (Lipinski definition) is 7. The molecule has 3 N–H and O–H groups in total. The molecule has 0 saturated carbocycles. The number of rotatable bonds is 8. The Kier molecular flexibility index (Phi) is 8.36. The maximum atomic E-state index is 13.3. The van der Waals surface area contributed by atoms with Gasteiger partial charge in [-0.3, -0.25) is 9.59 Å². The number of sulfonamides is 1. The third-order valence-corrected chi connectivity index (χ3v) is 7.40. The molecule has 0 unspecified atom stereocenters. The van der Waals surface area contributed by atoms with E-state index in [1.54, 1.807) is 18.2 Å². The summed E-state index contributed by atoms with van der Waals surface area (Å²) in [7, 11) is -2.67. The second kappa shape index (κ2) is 11.7. The van der Waals surface area contributed by atoms with E-state index < -0.39 is 10.0 Å². The van der Waals surface area contributed by atoms with Crippen LogP contribution in [0.15, 0.2) is 71.6 Å². The first kappa shape index (κ1) is 28.5. The third-order valence-electron chi connectivity index (χ3n) is 5.77. The number of nitrogens with one attached hydrogen (secondary N) is 3. The van der Waals surface area contributed by atoms with Crippen LogP contribution in [0.3, 0.4) is 0 Å². The van der Waals surface area contributed by atoms with Crippen LogP contribution in [-0.2, 0) is 14.8 Å². The summed E-state index contributed by atoms with van der Waals surface area (Å²) in [6.45, 7) is 5.14. The molecule has 10 nitrogen and oxygen atoms in total. The lowest BCUT2D eigenvalue weighted by atomic mass is 10.00. The summed E-state index contributed by atoms with van der Waals surface area (Å²) in [5.41, 5.74) is 3.61. The number of carbonyl (C=O) groups excluding carboxylic acids is 2. The molecule has 4 aromatic rings. The lowest BCUT2D eigenvalue weighted by Crippen LogP contribution is -2.17. The number of benzene rings is 3. The fraction of sp³-hybridized carbons (Fsp3) is 0.143. The van der Waals surface area contributed by atoms with E-state index in [2.05, 4.69) is 25.3 Å². The Balaban J connectivity index is 1.79. The Bertz CT molecular complexity index is 1710. The summed E-state index contributed by atoms with van der Waals surface area (Å²) in [6.07, 6.45) is 0. The molecular formula is C28H26ClN5O5S. The van der Waals surface area contributed by atoms with Crippen LogP contribution in [0, 0.1) is 13.8 Å². The average Bonchev–Trinajstić information content (AvgIpc) is 2.89. The van der Waals surface area contributed by atoms with Crippen molar-refractivity contribution >= 4 is 45.1 Å². The number of halogens is 1. The van der Waals surface area contributed by atoms with Gasteiger partial charge in [0, 0.05) is 36.9 Å². The van der Waals surface area contributed by atoms with Crippen molar-refractivity contribution in [3.8, 4) is 22.9 Å². The highest BCUT2D eigenvalue weighted by atomic mass is 35.5. The van der Waals surface area contributed by atoms with Gasteiger partial charge in [-0.2, -0.15) is 4.98 Å². The minimum absolute atomic E-state index is 0.00620. The Morgan fingerprint density at radius 2 is 1.62 bits per heavy atom. The van der Waals surface area contributed by atoms with Crippen LogP contribution in [-0.4, -0.2) is 37.2 Å². The van der Waals surface area contributed by atoms with Crippen molar-refractivity contribution in [2.45, 2.75) is 25.7 Å². The van der Waals surface area contributed by atoms with Crippen LogP contribution in [0.1, 0.15) is 28.4 Å². The number of amides is 2. The van der Waals surface area contributed by atoms with Crippen molar-refractivity contribution in [1.29, 1.82) is 0 Å². The van der Waals surface area contributed by atoms with Crippen LogP contribution in [0.2, 0.25) is 5.02 Å². The number of anilines is 2. The summed E-state index contributed by atoms with van der Waals surface area (Å²) in [5, 5.41) is 5.31. The maximum Gasteiger partial charge on any atom is 0.264 e. The standard InChI is InChI=1S/C28H26ClN5O5S/c1-16-7-5-8-17(2)26(16)23-15-25(39-24-13-19(27(36)30-4)11-12-22(24)29)33-28(32-23)34-40(37,38)21-10-6-9-20(14-21)31-18(3)35/h5-15H,1-4H3,(H,30,36)(H,31,35)(H,32,33,34). The highest BCUT2D eigenvalue weighted by Crippen LogP contribution is 2.34. The van der Waals surface area contributed by atoms with Gasteiger partial charge < -0.3 is 15.4 Å². The van der Waals surface area contributed by atoms with E-state index in [-0.39, 0.29) is 39.3 Å². The first-order valence-corrected chi connectivity index (χ1v) is 13.9. The normalized spacial score (nSPS) is 11.0. The minimum atomic E-state index is -4.17. The predicted molar refractivity (Wildman–Crippen MR) is 153 cm³/mol. The molecule has 1 aromatic heterocycles. The third kappa shape index (κ3) is 6.56. The number of aromatic nitrogens is 2. The van der Waals surface area contributed by atoms with Crippen molar-refractivity contribution in [2.24, 2.45) is 0 Å². The van der Waals surface area contributed by atoms with Crippen molar-refractivity contribution < 1.29 is 22.7 Å². The minimum Gasteiger partial charge on any atom is -0.437 e. The number of ether oxygens (including phenoxy) is 1. The molecule has 0 aliphatic heterocycles. The summed E-state index contributed by atoms with van der Waals surface area (Å²) < 4.78 is 34.9. The van der Waals surface area contributed by atoms with Crippen molar-refractivity contribution in [1.82, 2.24) is 15.3 Å². The largest absolute Gasteiger partial charge is 0.437 e. The van der Waals surface area contributed by atoms with Gasteiger partial charge in [0.05, 0.1) is 15.6 Å². The molecule has 0 aliphatic carbocycles. The van der Waals surface area contributed by atoms with Crippen molar-refractivity contribution in [3.63, 3.8) is 0 Å². The van der Waals surface area contributed by atoms with Gasteiger partial charge in [-0.25, -0.2) is 18.1 Å². The van der Waals surface area contributed by atoms with Crippen molar-refractivity contribution in [2.75, 3.05) is 17.1 Å². The lowest BCUT2D eigenvalue weighted by molar-refractivity contribution is -0.114. The molecule has 3 aromatic carbocycles. The second-order valence-corrected chi connectivity index (χ2v) is 10.9. The fourth-order valence-corrected chi connectivity index (χ4v) is 5.12. The van der Waals surface area contributed by atoms with Crippen molar-refractivity contribution in [3.05, 3.63) is 88.4 Å². The first-order chi connectivity index (χ1) is 19.0. The van der Waals surface area contributed by atoms with E-state index in [0.717, 1.165) is 16.7 Å². The van der Waals surface area contributed by atoms with E-state index in [4.69, 9.17) is 16.3 Å². The van der Waals surface area contributed by atoms with E-state index in [1.165, 1.54) is 44.3 Å². The topological polar surface area (TPSA) is 139 Å². The second-order valence-electron chi connectivity index (χ2n) is 8.82. The smallest absolute Gasteiger partial charge is 0.264 e. The molecule has 4 rings (SSSR count). The summed E-state index contributed by atoms with van der Waals surface area (Å²) in [6, 6.07) is 17.6. The van der Waals surface area contributed by atoms with E-state index in [9.17, 15) is 18.0 Å². The van der Waals surface area contributed by atoms with Crippen LogP contribution in [0.25, 0.3) is 11.3 Å². The molecule has 206 valence electrons. The number of aryl methyl sites for hydroxylation is 2. The number of carbonyl (C=O) groups is 2. The Morgan fingerprint density at radius 1 is 0.925 bits per heavy atom. The van der Waals surface area contributed by atoms with Gasteiger partial charge in [0.1, 0.15) is 5.75 Å². The summed E-state index contributed by atoms with van der Waals surface area (Å²) >= 11 is 6.34. The first-order valence-electron chi connectivity index (χ1n) is 12.0. The Morgan fingerprint density at radius 3 is 2.30 bits per heavy atom.